The van der Waals surface area contributed by atoms with Gasteiger partial charge < -0.3 is 5.73 Å². The normalized spacial score (nSPS) is 32.4. The second-order valence-corrected chi connectivity index (χ2v) is 4.69. The highest BCUT2D eigenvalue weighted by atomic mass is 15.3. The topological polar surface area (TPSA) is 47.1 Å². The Bertz CT molecular complexity index is 346. The Morgan fingerprint density at radius 1 is 1.60 bits per heavy atom. The molecule has 0 saturated carbocycles. The minimum absolute atomic E-state index is 0.0585. The highest BCUT2D eigenvalue weighted by molar-refractivity contribution is 5.21. The summed E-state index contributed by atoms with van der Waals surface area (Å²) in [5.41, 5.74) is 7.20. The number of rotatable bonds is 2. The number of aryl methyl sites for hydroxylation is 1. The minimum Gasteiger partial charge on any atom is -0.330 e. The van der Waals surface area contributed by atoms with E-state index in [1.807, 2.05) is 17.9 Å². The highest BCUT2D eigenvalue weighted by Crippen LogP contribution is 2.41. The molecule has 4 nitrogen and oxygen atoms in total. The highest BCUT2D eigenvalue weighted by Gasteiger charge is 2.44. The van der Waals surface area contributed by atoms with Gasteiger partial charge in [-0.15, -0.1) is 0 Å². The average molecular weight is 208 g/mol. The molecule has 2 unspecified atom stereocenters. The molecule has 0 aromatic carbocycles. The predicted octanol–water partition coefficient (Wildman–Crippen LogP) is 0.546. The van der Waals surface area contributed by atoms with Crippen LogP contribution in [0.2, 0.25) is 0 Å². The van der Waals surface area contributed by atoms with Crippen molar-refractivity contribution in [2.75, 3.05) is 20.1 Å². The van der Waals surface area contributed by atoms with E-state index in [2.05, 4.69) is 30.2 Å². The first-order valence-electron chi connectivity index (χ1n) is 5.49. The van der Waals surface area contributed by atoms with Crippen LogP contribution in [0.4, 0.5) is 0 Å². The third kappa shape index (κ3) is 1.48. The first-order chi connectivity index (χ1) is 7.09. The Hall–Kier alpha value is -0.870. The first kappa shape index (κ1) is 10.6. The molecule has 1 saturated heterocycles. The van der Waals surface area contributed by atoms with Crippen molar-refractivity contribution < 1.29 is 0 Å². The fourth-order valence-corrected chi connectivity index (χ4v) is 2.66. The maximum atomic E-state index is 5.86. The Labute approximate surface area is 91.1 Å². The number of nitrogens with two attached hydrogens (primary N) is 1. The number of aromatic nitrogens is 2. The van der Waals surface area contributed by atoms with Gasteiger partial charge in [-0.2, -0.15) is 5.10 Å². The lowest BCUT2D eigenvalue weighted by Crippen LogP contribution is -2.42. The zero-order valence-electron chi connectivity index (χ0n) is 9.77. The van der Waals surface area contributed by atoms with Crippen molar-refractivity contribution in [2.24, 2.45) is 18.7 Å². The van der Waals surface area contributed by atoms with Crippen molar-refractivity contribution in [3.05, 3.63) is 18.0 Å². The van der Waals surface area contributed by atoms with Crippen LogP contribution in [0, 0.1) is 5.92 Å². The van der Waals surface area contributed by atoms with Crippen LogP contribution in [0.3, 0.4) is 0 Å². The summed E-state index contributed by atoms with van der Waals surface area (Å²) in [5.74, 6) is 0.534. The molecule has 1 aliphatic heterocycles. The molecule has 0 spiro atoms. The third-order valence-electron chi connectivity index (χ3n) is 3.97. The van der Waals surface area contributed by atoms with Gasteiger partial charge in [-0.3, -0.25) is 9.58 Å². The molecule has 84 valence electrons. The second kappa shape index (κ2) is 3.61. The molecule has 0 radical (unpaired) electrons. The van der Waals surface area contributed by atoms with Crippen molar-refractivity contribution in [2.45, 2.75) is 18.9 Å². The standard InChI is InChI=1S/C11H20N4/c1-11(10-7-13-15(3)8-10)9(6-12)4-5-14(11)2/h7-9H,4-6,12H2,1-3H3. The Morgan fingerprint density at radius 3 is 2.87 bits per heavy atom. The van der Waals surface area contributed by atoms with E-state index in [4.69, 9.17) is 5.73 Å². The molecular weight excluding hydrogens is 188 g/mol. The summed E-state index contributed by atoms with van der Waals surface area (Å²) in [6.07, 6.45) is 5.24. The number of hydrogen-bond donors (Lipinski definition) is 1. The monoisotopic (exact) mass is 208 g/mol. The lowest BCUT2D eigenvalue weighted by molar-refractivity contribution is 0.153. The summed E-state index contributed by atoms with van der Waals surface area (Å²) in [7, 11) is 4.13. The van der Waals surface area contributed by atoms with Crippen molar-refractivity contribution in [1.82, 2.24) is 14.7 Å². The third-order valence-corrected chi connectivity index (χ3v) is 3.97. The van der Waals surface area contributed by atoms with Gasteiger partial charge in [-0.05, 0) is 39.4 Å². The van der Waals surface area contributed by atoms with Crippen LogP contribution in [0.1, 0.15) is 18.9 Å². The molecule has 0 aliphatic carbocycles. The molecule has 15 heavy (non-hydrogen) atoms. The summed E-state index contributed by atoms with van der Waals surface area (Å²) in [5, 5.41) is 4.26. The Balaban J connectivity index is 2.38. The summed E-state index contributed by atoms with van der Waals surface area (Å²) >= 11 is 0. The Morgan fingerprint density at radius 2 is 2.33 bits per heavy atom. The van der Waals surface area contributed by atoms with E-state index in [0.717, 1.165) is 13.1 Å². The van der Waals surface area contributed by atoms with E-state index >= 15 is 0 Å². The van der Waals surface area contributed by atoms with Crippen LogP contribution >= 0.6 is 0 Å². The number of hydrogen-bond acceptors (Lipinski definition) is 3. The lowest BCUT2D eigenvalue weighted by Gasteiger charge is -2.36. The van der Waals surface area contributed by atoms with E-state index in [0.29, 0.717) is 5.92 Å². The maximum Gasteiger partial charge on any atom is 0.0540 e. The molecule has 1 aliphatic rings. The molecule has 0 bridgehead atoms. The quantitative estimate of drug-likeness (QED) is 0.772. The zero-order chi connectivity index (χ0) is 11.1. The molecule has 0 amide bonds. The molecule has 1 fully saturated rings. The van der Waals surface area contributed by atoms with E-state index in [-0.39, 0.29) is 5.54 Å². The van der Waals surface area contributed by atoms with E-state index < -0.39 is 0 Å². The SMILES string of the molecule is CN1CCC(CN)C1(C)c1cnn(C)c1. The van der Waals surface area contributed by atoms with Crippen LogP contribution in [-0.2, 0) is 12.6 Å². The fourth-order valence-electron chi connectivity index (χ4n) is 2.66. The van der Waals surface area contributed by atoms with E-state index in [1.54, 1.807) is 0 Å². The summed E-state index contributed by atoms with van der Waals surface area (Å²) in [6, 6.07) is 0. The molecular formula is C11H20N4. The first-order valence-corrected chi connectivity index (χ1v) is 5.49. The molecule has 2 atom stereocenters. The van der Waals surface area contributed by atoms with Gasteiger partial charge in [0, 0.05) is 18.8 Å². The van der Waals surface area contributed by atoms with Gasteiger partial charge in [-0.1, -0.05) is 0 Å². The summed E-state index contributed by atoms with van der Waals surface area (Å²) < 4.78 is 1.86. The fraction of sp³-hybridized carbons (Fsp3) is 0.727. The summed E-state index contributed by atoms with van der Waals surface area (Å²) in [6.45, 7) is 4.14. The average Bonchev–Trinajstić information content (AvgIpc) is 2.75. The molecule has 2 N–H and O–H groups in total. The number of nitrogens with zero attached hydrogens (tertiary/aromatic N) is 3. The van der Waals surface area contributed by atoms with Gasteiger partial charge in [0.25, 0.3) is 0 Å². The predicted molar refractivity (Wildman–Crippen MR) is 60.4 cm³/mol. The van der Waals surface area contributed by atoms with Gasteiger partial charge in [0.15, 0.2) is 0 Å². The lowest BCUT2D eigenvalue weighted by atomic mass is 9.82. The Kier molecular flexibility index (Phi) is 2.56. The van der Waals surface area contributed by atoms with Crippen LogP contribution in [0.15, 0.2) is 12.4 Å². The van der Waals surface area contributed by atoms with Gasteiger partial charge in [0.05, 0.1) is 11.7 Å². The van der Waals surface area contributed by atoms with Gasteiger partial charge >= 0.3 is 0 Å². The van der Waals surface area contributed by atoms with E-state index in [1.165, 1.54) is 12.0 Å². The second-order valence-electron chi connectivity index (χ2n) is 4.69. The molecule has 1 aromatic heterocycles. The minimum atomic E-state index is 0.0585. The van der Waals surface area contributed by atoms with Crippen molar-refractivity contribution in [3.63, 3.8) is 0 Å². The van der Waals surface area contributed by atoms with Crippen LogP contribution < -0.4 is 5.73 Å². The maximum absolute atomic E-state index is 5.86. The van der Waals surface area contributed by atoms with Crippen molar-refractivity contribution >= 4 is 0 Å². The van der Waals surface area contributed by atoms with Gasteiger partial charge in [-0.25, -0.2) is 0 Å². The van der Waals surface area contributed by atoms with Crippen LogP contribution in [-0.4, -0.2) is 34.8 Å². The van der Waals surface area contributed by atoms with Gasteiger partial charge in [0.2, 0.25) is 0 Å². The van der Waals surface area contributed by atoms with Crippen LogP contribution in [0.5, 0.6) is 0 Å². The largest absolute Gasteiger partial charge is 0.330 e. The smallest absolute Gasteiger partial charge is 0.0540 e. The molecule has 2 heterocycles. The molecule has 1 aromatic rings. The zero-order valence-corrected chi connectivity index (χ0v) is 9.77. The van der Waals surface area contributed by atoms with Gasteiger partial charge in [0.1, 0.15) is 0 Å². The molecule has 4 heteroatoms. The molecule has 2 rings (SSSR count). The van der Waals surface area contributed by atoms with Crippen LogP contribution in [0.25, 0.3) is 0 Å². The van der Waals surface area contributed by atoms with Crippen molar-refractivity contribution in [1.29, 1.82) is 0 Å². The van der Waals surface area contributed by atoms with Crippen molar-refractivity contribution in [3.8, 4) is 0 Å². The summed E-state index contributed by atoms with van der Waals surface area (Å²) in [4.78, 5) is 2.39. The number of likely N-dealkylation sites (tertiary alicyclic amines) is 1. The van der Waals surface area contributed by atoms with E-state index in [9.17, 15) is 0 Å².